The third-order valence-electron chi connectivity index (χ3n) is 5.16. The highest BCUT2D eigenvalue weighted by molar-refractivity contribution is 14.1. The molecular formula is C21H25IN4O4. The second kappa shape index (κ2) is 8.09. The summed E-state index contributed by atoms with van der Waals surface area (Å²) >= 11 is 2.20. The SMILES string of the molecule is CC(C)(C)OC(=O)N1CC[C@@H]1COc1cnccc1-c1[nH]c2c(c1I)C(=O)NCC2. The first-order chi connectivity index (χ1) is 14.2. The van der Waals surface area contributed by atoms with Crippen molar-refractivity contribution in [1.82, 2.24) is 20.2 Å². The fourth-order valence-corrected chi connectivity index (χ4v) is 4.58. The smallest absolute Gasteiger partial charge is 0.410 e. The van der Waals surface area contributed by atoms with Gasteiger partial charge >= 0.3 is 6.09 Å². The Labute approximate surface area is 188 Å². The number of amides is 2. The van der Waals surface area contributed by atoms with Gasteiger partial charge in [0.15, 0.2) is 0 Å². The molecule has 1 atom stereocenters. The number of fused-ring (bicyclic) bond motifs is 1. The molecular weight excluding hydrogens is 499 g/mol. The zero-order chi connectivity index (χ0) is 21.5. The summed E-state index contributed by atoms with van der Waals surface area (Å²) in [7, 11) is 0. The fourth-order valence-electron chi connectivity index (χ4n) is 3.59. The molecule has 9 heteroatoms. The predicted octanol–water partition coefficient (Wildman–Crippen LogP) is 3.36. The molecule has 2 N–H and O–H groups in total. The van der Waals surface area contributed by atoms with E-state index in [-0.39, 0.29) is 18.0 Å². The van der Waals surface area contributed by atoms with Crippen LogP contribution < -0.4 is 10.1 Å². The Kier molecular flexibility index (Phi) is 5.65. The van der Waals surface area contributed by atoms with E-state index < -0.39 is 5.60 Å². The van der Waals surface area contributed by atoms with Gasteiger partial charge in [-0.15, -0.1) is 0 Å². The van der Waals surface area contributed by atoms with Crippen LogP contribution in [0, 0.1) is 3.57 Å². The first kappa shape index (κ1) is 21.0. The van der Waals surface area contributed by atoms with E-state index in [1.54, 1.807) is 17.3 Å². The molecule has 30 heavy (non-hydrogen) atoms. The number of ether oxygens (including phenoxy) is 2. The number of halogens is 1. The van der Waals surface area contributed by atoms with E-state index in [1.807, 2.05) is 26.8 Å². The number of carbonyl (C=O) groups excluding carboxylic acids is 2. The number of hydrogen-bond donors (Lipinski definition) is 2. The lowest BCUT2D eigenvalue weighted by atomic mass is 10.1. The Balaban J connectivity index is 1.50. The standard InChI is InChI=1S/C21H25IN4O4/c1-21(2,3)30-20(28)26-9-6-12(26)11-29-15-10-23-7-4-13(15)18-17(22)16-14(25-18)5-8-24-19(16)27/h4,7,10,12,25H,5-6,8-9,11H2,1-3H3,(H,24,27)/t12-/m1/s1. The van der Waals surface area contributed by atoms with Crippen LogP contribution in [0.1, 0.15) is 43.2 Å². The monoisotopic (exact) mass is 524 g/mol. The number of carbonyl (C=O) groups is 2. The van der Waals surface area contributed by atoms with Crippen LogP contribution in [0.25, 0.3) is 11.3 Å². The van der Waals surface area contributed by atoms with Crippen molar-refractivity contribution in [2.24, 2.45) is 0 Å². The van der Waals surface area contributed by atoms with E-state index in [4.69, 9.17) is 9.47 Å². The molecule has 2 aromatic rings. The third kappa shape index (κ3) is 4.12. The molecule has 4 heterocycles. The lowest BCUT2D eigenvalue weighted by Gasteiger charge is -2.41. The second-order valence-corrected chi connectivity index (χ2v) is 9.55. The predicted molar refractivity (Wildman–Crippen MR) is 120 cm³/mol. The summed E-state index contributed by atoms with van der Waals surface area (Å²) in [6, 6.07) is 1.84. The minimum atomic E-state index is -0.524. The summed E-state index contributed by atoms with van der Waals surface area (Å²) in [6.07, 6.45) is 4.69. The highest BCUT2D eigenvalue weighted by Gasteiger charge is 2.36. The number of likely N-dealkylation sites (tertiary alicyclic amines) is 1. The van der Waals surface area contributed by atoms with Gasteiger partial charge in [0, 0.05) is 37.0 Å². The molecule has 2 amide bonds. The fraction of sp³-hybridized carbons (Fsp3) is 0.476. The van der Waals surface area contributed by atoms with Gasteiger partial charge in [-0.05, 0) is 55.8 Å². The summed E-state index contributed by atoms with van der Waals surface area (Å²) in [5.74, 6) is 0.563. The minimum absolute atomic E-state index is 0.0328. The molecule has 1 fully saturated rings. The molecule has 160 valence electrons. The Morgan fingerprint density at radius 1 is 1.40 bits per heavy atom. The summed E-state index contributed by atoms with van der Waals surface area (Å²) in [4.78, 5) is 33.9. The second-order valence-electron chi connectivity index (χ2n) is 8.47. The van der Waals surface area contributed by atoms with Crippen LogP contribution in [0.3, 0.4) is 0 Å². The van der Waals surface area contributed by atoms with E-state index in [1.165, 1.54) is 0 Å². The lowest BCUT2D eigenvalue weighted by Crippen LogP contribution is -2.55. The van der Waals surface area contributed by atoms with Gasteiger partial charge in [-0.2, -0.15) is 0 Å². The summed E-state index contributed by atoms with van der Waals surface area (Å²) in [5, 5.41) is 2.89. The maximum atomic E-state index is 12.3. The first-order valence-electron chi connectivity index (χ1n) is 10.00. The average molecular weight is 524 g/mol. The number of aromatic amines is 1. The van der Waals surface area contributed by atoms with Crippen molar-refractivity contribution in [3.8, 4) is 17.0 Å². The zero-order valence-electron chi connectivity index (χ0n) is 17.3. The van der Waals surface area contributed by atoms with Crippen molar-refractivity contribution in [1.29, 1.82) is 0 Å². The van der Waals surface area contributed by atoms with Gasteiger partial charge < -0.3 is 24.7 Å². The van der Waals surface area contributed by atoms with Crippen LogP contribution >= 0.6 is 22.6 Å². The number of H-pyrrole nitrogens is 1. The summed E-state index contributed by atoms with van der Waals surface area (Å²) < 4.78 is 12.4. The van der Waals surface area contributed by atoms with E-state index in [2.05, 4.69) is 37.9 Å². The molecule has 2 aliphatic heterocycles. The summed E-state index contributed by atoms with van der Waals surface area (Å²) in [6.45, 7) is 7.22. The Morgan fingerprint density at radius 2 is 2.20 bits per heavy atom. The van der Waals surface area contributed by atoms with E-state index >= 15 is 0 Å². The van der Waals surface area contributed by atoms with Gasteiger partial charge in [0.2, 0.25) is 0 Å². The number of hydrogen-bond acceptors (Lipinski definition) is 5. The third-order valence-corrected chi connectivity index (χ3v) is 6.24. The molecule has 2 aliphatic rings. The lowest BCUT2D eigenvalue weighted by molar-refractivity contribution is -0.0141. The Hall–Kier alpha value is -2.30. The molecule has 2 aromatic heterocycles. The van der Waals surface area contributed by atoms with Crippen molar-refractivity contribution < 1.29 is 19.1 Å². The van der Waals surface area contributed by atoms with Crippen LogP contribution in [0.4, 0.5) is 4.79 Å². The van der Waals surface area contributed by atoms with Crippen molar-refractivity contribution in [2.45, 2.75) is 45.3 Å². The summed E-state index contributed by atoms with van der Waals surface area (Å²) in [5.41, 5.74) is 2.82. The normalized spacial score (nSPS) is 18.3. The number of nitrogens with one attached hydrogen (secondary N) is 2. The molecule has 0 spiro atoms. The quantitative estimate of drug-likeness (QED) is 0.599. The molecule has 0 radical (unpaired) electrons. The number of aromatic nitrogens is 2. The van der Waals surface area contributed by atoms with Gasteiger partial charge in [0.05, 0.1) is 27.1 Å². The van der Waals surface area contributed by atoms with Crippen LogP contribution in [-0.2, 0) is 11.2 Å². The number of nitrogens with zero attached hydrogens (tertiary/aromatic N) is 2. The molecule has 8 nitrogen and oxygen atoms in total. The highest BCUT2D eigenvalue weighted by Crippen LogP contribution is 2.36. The van der Waals surface area contributed by atoms with Crippen molar-refractivity contribution >= 4 is 34.6 Å². The largest absolute Gasteiger partial charge is 0.489 e. The molecule has 4 rings (SSSR count). The molecule has 0 unspecified atom stereocenters. The van der Waals surface area contributed by atoms with Gasteiger partial charge in [0.1, 0.15) is 18.0 Å². The van der Waals surface area contributed by atoms with Crippen LogP contribution in [-0.4, -0.2) is 58.2 Å². The van der Waals surface area contributed by atoms with E-state index in [0.29, 0.717) is 31.0 Å². The van der Waals surface area contributed by atoms with Crippen molar-refractivity contribution in [2.75, 3.05) is 19.7 Å². The molecule has 0 aromatic carbocycles. The molecule has 1 saturated heterocycles. The first-order valence-corrected chi connectivity index (χ1v) is 11.1. The molecule has 0 aliphatic carbocycles. The average Bonchev–Trinajstić information content (AvgIpc) is 2.97. The molecule has 0 bridgehead atoms. The molecule has 0 saturated carbocycles. The zero-order valence-corrected chi connectivity index (χ0v) is 19.4. The minimum Gasteiger partial charge on any atom is -0.489 e. The van der Waals surface area contributed by atoms with Gasteiger partial charge in [-0.3, -0.25) is 9.78 Å². The van der Waals surface area contributed by atoms with Crippen molar-refractivity contribution in [3.05, 3.63) is 33.3 Å². The number of pyridine rings is 1. The van der Waals surface area contributed by atoms with Gasteiger partial charge in [-0.25, -0.2) is 4.79 Å². The van der Waals surface area contributed by atoms with Gasteiger partial charge in [0.25, 0.3) is 5.91 Å². The van der Waals surface area contributed by atoms with E-state index in [9.17, 15) is 9.59 Å². The maximum absolute atomic E-state index is 12.3. The Bertz CT molecular complexity index is 982. The van der Waals surface area contributed by atoms with Gasteiger partial charge in [-0.1, -0.05) is 0 Å². The van der Waals surface area contributed by atoms with Crippen LogP contribution in [0.15, 0.2) is 18.5 Å². The number of rotatable bonds is 4. The maximum Gasteiger partial charge on any atom is 0.410 e. The van der Waals surface area contributed by atoms with E-state index in [0.717, 1.165) is 33.4 Å². The highest BCUT2D eigenvalue weighted by atomic mass is 127. The van der Waals surface area contributed by atoms with Crippen LogP contribution in [0.2, 0.25) is 0 Å². The Morgan fingerprint density at radius 3 is 2.87 bits per heavy atom. The topological polar surface area (TPSA) is 96.5 Å². The van der Waals surface area contributed by atoms with Crippen LogP contribution in [0.5, 0.6) is 5.75 Å². The van der Waals surface area contributed by atoms with Crippen molar-refractivity contribution in [3.63, 3.8) is 0 Å².